The molecule has 0 spiro atoms. The number of nitrogens with zero attached hydrogens (tertiary/aromatic N) is 3. The van der Waals surface area contributed by atoms with Crippen LogP contribution < -0.4 is 11.1 Å². The molecule has 2 aromatic rings. The molecule has 21 heavy (non-hydrogen) atoms. The molecule has 0 saturated heterocycles. The van der Waals surface area contributed by atoms with Crippen LogP contribution in [0.25, 0.3) is 5.52 Å². The molecule has 6 nitrogen and oxygen atoms in total. The molecular formula is C12H16F3N5O. The Bertz CT molecular complexity index is 584. The molecular weight excluding hydrogens is 287 g/mol. The third kappa shape index (κ3) is 4.05. The number of alkyl halides is 3. The molecule has 3 N–H and O–H groups in total. The van der Waals surface area contributed by atoms with E-state index in [0.29, 0.717) is 38.5 Å². The summed E-state index contributed by atoms with van der Waals surface area (Å²) >= 11 is 0. The van der Waals surface area contributed by atoms with Crippen LogP contribution in [0.2, 0.25) is 0 Å². The van der Waals surface area contributed by atoms with E-state index in [-0.39, 0.29) is 5.52 Å². The maximum atomic E-state index is 12.6. The Balaban J connectivity index is 2.01. The van der Waals surface area contributed by atoms with Crippen LogP contribution in [0.5, 0.6) is 0 Å². The normalized spacial score (nSPS) is 12.0. The molecule has 9 heteroatoms. The number of aromatic nitrogens is 3. The number of hydrogen-bond acceptors (Lipinski definition) is 5. The maximum Gasteiger partial charge on any atom is 0.435 e. The standard InChI is InChI=1S/C12H16F3N5O/c13-12(14,15)10-8-9-11(18-4-5-20(9)19-10)17-3-1-6-21-7-2-16/h4-5,8H,1-3,6-7,16H2,(H,17,18). The highest BCUT2D eigenvalue weighted by molar-refractivity contribution is 5.67. The van der Waals surface area contributed by atoms with Gasteiger partial charge in [-0.2, -0.15) is 18.3 Å². The molecule has 0 saturated carbocycles. The lowest BCUT2D eigenvalue weighted by molar-refractivity contribution is -0.141. The summed E-state index contributed by atoms with van der Waals surface area (Å²) in [6, 6.07) is 0.972. The number of anilines is 1. The molecule has 0 unspecified atom stereocenters. The third-order valence-corrected chi connectivity index (χ3v) is 2.70. The van der Waals surface area contributed by atoms with E-state index in [2.05, 4.69) is 15.4 Å². The molecule has 2 heterocycles. The average Bonchev–Trinajstić information content (AvgIpc) is 2.87. The first-order chi connectivity index (χ1) is 10.0. The van der Waals surface area contributed by atoms with Crippen LogP contribution in [0, 0.1) is 0 Å². The number of rotatable bonds is 7. The summed E-state index contributed by atoms with van der Waals surface area (Å²) in [7, 11) is 0. The number of hydrogen-bond donors (Lipinski definition) is 2. The van der Waals surface area contributed by atoms with Crippen LogP contribution in [0.15, 0.2) is 18.5 Å². The second-order valence-corrected chi connectivity index (χ2v) is 4.31. The maximum absolute atomic E-state index is 12.6. The molecule has 2 aromatic heterocycles. The van der Waals surface area contributed by atoms with Crippen molar-refractivity contribution in [2.45, 2.75) is 12.6 Å². The molecule has 0 aliphatic rings. The molecule has 2 rings (SSSR count). The summed E-state index contributed by atoms with van der Waals surface area (Å²) in [5.41, 5.74) is 4.63. The first-order valence-electron chi connectivity index (χ1n) is 6.45. The van der Waals surface area contributed by atoms with Crippen molar-refractivity contribution in [2.24, 2.45) is 5.73 Å². The van der Waals surface area contributed by atoms with Crippen LogP contribution in [0.1, 0.15) is 12.1 Å². The van der Waals surface area contributed by atoms with Crippen molar-refractivity contribution in [1.29, 1.82) is 0 Å². The van der Waals surface area contributed by atoms with Crippen molar-refractivity contribution in [1.82, 2.24) is 14.6 Å². The molecule has 116 valence electrons. The lowest BCUT2D eigenvalue weighted by atomic mass is 10.3. The summed E-state index contributed by atoms with van der Waals surface area (Å²) in [5.74, 6) is 0.360. The summed E-state index contributed by atoms with van der Waals surface area (Å²) in [5, 5.41) is 6.47. The molecule has 0 radical (unpaired) electrons. The van der Waals surface area contributed by atoms with Gasteiger partial charge in [-0.3, -0.25) is 0 Å². The minimum absolute atomic E-state index is 0.285. The second-order valence-electron chi connectivity index (χ2n) is 4.31. The van der Waals surface area contributed by atoms with Crippen LogP contribution in [0.4, 0.5) is 19.0 Å². The lowest BCUT2D eigenvalue weighted by Gasteiger charge is -2.07. The minimum Gasteiger partial charge on any atom is -0.380 e. The fourth-order valence-corrected chi connectivity index (χ4v) is 1.76. The zero-order valence-corrected chi connectivity index (χ0v) is 11.2. The van der Waals surface area contributed by atoms with Crippen molar-refractivity contribution in [2.75, 3.05) is 31.6 Å². The Morgan fingerprint density at radius 3 is 2.86 bits per heavy atom. The quantitative estimate of drug-likeness (QED) is 0.758. The van der Waals surface area contributed by atoms with Crippen molar-refractivity contribution in [3.8, 4) is 0 Å². The lowest BCUT2D eigenvalue weighted by Crippen LogP contribution is -2.12. The van der Waals surface area contributed by atoms with E-state index in [1.165, 1.54) is 12.4 Å². The van der Waals surface area contributed by atoms with E-state index in [0.717, 1.165) is 10.6 Å². The number of fused-ring (bicyclic) bond motifs is 1. The van der Waals surface area contributed by atoms with Gasteiger partial charge in [-0.05, 0) is 6.42 Å². The summed E-state index contributed by atoms with van der Waals surface area (Å²) in [6.07, 6.45) is -1.00. The van der Waals surface area contributed by atoms with Gasteiger partial charge in [0.2, 0.25) is 0 Å². The van der Waals surface area contributed by atoms with Gasteiger partial charge in [0.15, 0.2) is 11.5 Å². The Kier molecular flexibility index (Phi) is 4.97. The zero-order valence-electron chi connectivity index (χ0n) is 11.2. The highest BCUT2D eigenvalue weighted by atomic mass is 19.4. The first kappa shape index (κ1) is 15.5. The van der Waals surface area contributed by atoms with Crippen LogP contribution in [-0.2, 0) is 10.9 Å². The van der Waals surface area contributed by atoms with Gasteiger partial charge in [0.25, 0.3) is 0 Å². The van der Waals surface area contributed by atoms with Gasteiger partial charge < -0.3 is 15.8 Å². The van der Waals surface area contributed by atoms with Gasteiger partial charge in [0, 0.05) is 38.2 Å². The second kappa shape index (κ2) is 6.72. The van der Waals surface area contributed by atoms with Crippen molar-refractivity contribution >= 4 is 11.3 Å². The van der Waals surface area contributed by atoms with E-state index in [1.54, 1.807) is 0 Å². The Hall–Kier alpha value is -1.87. The molecule has 0 aromatic carbocycles. The van der Waals surface area contributed by atoms with Crippen LogP contribution >= 0.6 is 0 Å². The highest BCUT2D eigenvalue weighted by Gasteiger charge is 2.34. The van der Waals surface area contributed by atoms with Crippen molar-refractivity contribution < 1.29 is 17.9 Å². The molecule has 0 aliphatic carbocycles. The minimum atomic E-state index is -4.47. The van der Waals surface area contributed by atoms with E-state index >= 15 is 0 Å². The van der Waals surface area contributed by atoms with Crippen LogP contribution in [-0.4, -0.2) is 40.9 Å². The summed E-state index contributed by atoms with van der Waals surface area (Å²) in [6.45, 7) is 2.01. The van der Waals surface area contributed by atoms with Gasteiger partial charge in [0.05, 0.1) is 6.61 Å². The zero-order chi connectivity index (χ0) is 15.3. The predicted molar refractivity (Wildman–Crippen MR) is 71.0 cm³/mol. The molecule has 0 fully saturated rings. The molecule has 0 bridgehead atoms. The van der Waals surface area contributed by atoms with Gasteiger partial charge in [-0.15, -0.1) is 0 Å². The largest absolute Gasteiger partial charge is 0.435 e. The van der Waals surface area contributed by atoms with Gasteiger partial charge in [-0.25, -0.2) is 9.50 Å². The smallest absolute Gasteiger partial charge is 0.380 e. The van der Waals surface area contributed by atoms with Gasteiger partial charge in [0.1, 0.15) is 5.52 Å². The predicted octanol–water partition coefficient (Wildman–Crippen LogP) is 1.53. The van der Waals surface area contributed by atoms with Gasteiger partial charge in [-0.1, -0.05) is 0 Å². The molecule has 0 atom stereocenters. The summed E-state index contributed by atoms with van der Waals surface area (Å²) < 4.78 is 44.3. The topological polar surface area (TPSA) is 77.5 Å². The van der Waals surface area contributed by atoms with Crippen molar-refractivity contribution in [3.05, 3.63) is 24.2 Å². The highest BCUT2D eigenvalue weighted by Crippen LogP contribution is 2.29. The van der Waals surface area contributed by atoms with Crippen LogP contribution in [0.3, 0.4) is 0 Å². The van der Waals surface area contributed by atoms with Gasteiger partial charge >= 0.3 is 6.18 Å². The van der Waals surface area contributed by atoms with E-state index in [4.69, 9.17) is 10.5 Å². The first-order valence-corrected chi connectivity index (χ1v) is 6.45. The average molecular weight is 303 g/mol. The van der Waals surface area contributed by atoms with E-state index in [9.17, 15) is 13.2 Å². The monoisotopic (exact) mass is 303 g/mol. The fraction of sp³-hybridized carbons (Fsp3) is 0.500. The third-order valence-electron chi connectivity index (χ3n) is 2.70. The molecule has 0 aliphatic heterocycles. The Morgan fingerprint density at radius 1 is 1.33 bits per heavy atom. The number of nitrogens with one attached hydrogen (secondary N) is 1. The number of nitrogens with two attached hydrogens (primary N) is 1. The fourth-order valence-electron chi connectivity index (χ4n) is 1.76. The molecule has 0 amide bonds. The van der Waals surface area contributed by atoms with Crippen molar-refractivity contribution in [3.63, 3.8) is 0 Å². The number of halogens is 3. The number of ether oxygens (including phenoxy) is 1. The Morgan fingerprint density at radius 2 is 2.14 bits per heavy atom. The SMILES string of the molecule is NCCOCCCNc1nccn2nc(C(F)(F)F)cc12. The Labute approximate surface area is 119 Å². The van der Waals surface area contributed by atoms with E-state index in [1.807, 2.05) is 0 Å². The van der Waals surface area contributed by atoms with E-state index < -0.39 is 11.9 Å². The summed E-state index contributed by atoms with van der Waals surface area (Å²) in [4.78, 5) is 4.04.